The molecular weight excluding hydrogens is 296 g/mol. The number of hydrogen-bond acceptors (Lipinski definition) is 4. The number of nitrogens with zero attached hydrogens (tertiary/aromatic N) is 1. The van der Waals surface area contributed by atoms with E-state index in [1.165, 1.54) is 0 Å². The van der Waals surface area contributed by atoms with E-state index in [-0.39, 0.29) is 6.04 Å². The Morgan fingerprint density at radius 3 is 2.67 bits per heavy atom. The van der Waals surface area contributed by atoms with E-state index in [2.05, 4.69) is 20.8 Å². The van der Waals surface area contributed by atoms with Gasteiger partial charge < -0.3 is 14.6 Å². The molecule has 2 aromatic heterocycles. The molecule has 1 atom stereocenters. The van der Waals surface area contributed by atoms with Gasteiger partial charge in [-0.3, -0.25) is 4.90 Å². The molecule has 0 bridgehead atoms. The molecule has 18 heavy (non-hydrogen) atoms. The Labute approximate surface area is 115 Å². The van der Waals surface area contributed by atoms with E-state index in [9.17, 15) is 0 Å². The monoisotopic (exact) mass is 312 g/mol. The van der Waals surface area contributed by atoms with Crippen LogP contribution in [0.25, 0.3) is 0 Å². The maximum absolute atomic E-state index is 5.84. The van der Waals surface area contributed by atoms with Crippen molar-refractivity contribution in [2.75, 3.05) is 13.6 Å². The average Bonchev–Trinajstić information content (AvgIpc) is 2.90. The highest BCUT2D eigenvalue weighted by atomic mass is 79.9. The second-order valence-electron chi connectivity index (χ2n) is 4.31. The van der Waals surface area contributed by atoms with Gasteiger partial charge in [-0.2, -0.15) is 0 Å². The lowest BCUT2D eigenvalue weighted by atomic mass is 10.2. The highest BCUT2D eigenvalue weighted by Crippen LogP contribution is 2.28. The van der Waals surface area contributed by atoms with Gasteiger partial charge in [0.25, 0.3) is 0 Å². The van der Waals surface area contributed by atoms with Crippen LogP contribution in [-0.4, -0.2) is 18.5 Å². The van der Waals surface area contributed by atoms with Gasteiger partial charge in [-0.25, -0.2) is 0 Å². The highest BCUT2D eigenvalue weighted by molar-refractivity contribution is 9.10. The molecule has 2 heterocycles. The maximum atomic E-state index is 5.84. The second kappa shape index (κ2) is 5.73. The Morgan fingerprint density at radius 2 is 2.17 bits per heavy atom. The van der Waals surface area contributed by atoms with Crippen LogP contribution in [0.5, 0.6) is 0 Å². The Balaban J connectivity index is 2.11. The van der Waals surface area contributed by atoms with Crippen molar-refractivity contribution in [3.8, 4) is 0 Å². The molecule has 0 aliphatic carbocycles. The third-order valence-electron chi connectivity index (χ3n) is 2.90. The molecule has 0 aliphatic heterocycles. The molecule has 2 aromatic rings. The summed E-state index contributed by atoms with van der Waals surface area (Å²) in [7, 11) is 2.00. The highest BCUT2D eigenvalue weighted by Gasteiger charge is 2.21. The van der Waals surface area contributed by atoms with Crippen LogP contribution in [0, 0.1) is 6.92 Å². The minimum Gasteiger partial charge on any atom is -0.466 e. The van der Waals surface area contributed by atoms with E-state index in [1.807, 2.05) is 32.2 Å². The predicted molar refractivity (Wildman–Crippen MR) is 73.1 cm³/mol. The standard InChI is InChI=1S/C13H17BrN2O2/c1-9-3-4-10(18-9)8-16(2)12(7-15)13-11(14)5-6-17-13/h3-6,12H,7-8,15H2,1-2H3. The van der Waals surface area contributed by atoms with Crippen LogP contribution in [0.3, 0.4) is 0 Å². The smallest absolute Gasteiger partial charge is 0.136 e. The Morgan fingerprint density at radius 1 is 1.39 bits per heavy atom. The van der Waals surface area contributed by atoms with Crippen molar-refractivity contribution in [1.82, 2.24) is 4.90 Å². The van der Waals surface area contributed by atoms with Crippen LogP contribution < -0.4 is 5.73 Å². The fraction of sp³-hybridized carbons (Fsp3) is 0.385. The summed E-state index contributed by atoms with van der Waals surface area (Å²) in [6.45, 7) is 3.12. The molecule has 2 rings (SSSR count). The normalized spacial score (nSPS) is 13.2. The lowest BCUT2D eigenvalue weighted by Gasteiger charge is -2.24. The summed E-state index contributed by atoms with van der Waals surface area (Å²) < 4.78 is 12.0. The zero-order valence-corrected chi connectivity index (χ0v) is 12.1. The molecule has 5 heteroatoms. The number of rotatable bonds is 5. The Hall–Kier alpha value is -1.04. The number of halogens is 1. The fourth-order valence-electron chi connectivity index (χ4n) is 1.96. The van der Waals surface area contributed by atoms with Gasteiger partial charge in [0, 0.05) is 6.54 Å². The van der Waals surface area contributed by atoms with E-state index < -0.39 is 0 Å². The van der Waals surface area contributed by atoms with Crippen molar-refractivity contribution in [3.63, 3.8) is 0 Å². The third kappa shape index (κ3) is 2.85. The summed E-state index contributed by atoms with van der Waals surface area (Å²) in [6.07, 6.45) is 1.66. The van der Waals surface area contributed by atoms with Gasteiger partial charge >= 0.3 is 0 Å². The average molecular weight is 313 g/mol. The van der Waals surface area contributed by atoms with Crippen molar-refractivity contribution < 1.29 is 8.83 Å². The van der Waals surface area contributed by atoms with Gasteiger partial charge in [-0.05, 0) is 48.1 Å². The number of nitrogens with two attached hydrogens (primary N) is 1. The van der Waals surface area contributed by atoms with E-state index in [0.29, 0.717) is 13.1 Å². The number of furan rings is 2. The minimum atomic E-state index is 0.0276. The number of likely N-dealkylation sites (N-methyl/N-ethyl adjacent to an activating group) is 1. The van der Waals surface area contributed by atoms with Crippen molar-refractivity contribution in [2.24, 2.45) is 5.73 Å². The molecule has 0 aromatic carbocycles. The van der Waals surface area contributed by atoms with Crippen LogP contribution in [0.15, 0.2) is 37.8 Å². The molecule has 0 radical (unpaired) electrons. The van der Waals surface area contributed by atoms with Gasteiger partial charge in [0.1, 0.15) is 17.3 Å². The first kappa shape index (κ1) is 13.4. The first-order valence-electron chi connectivity index (χ1n) is 5.80. The van der Waals surface area contributed by atoms with E-state index >= 15 is 0 Å². The zero-order valence-electron chi connectivity index (χ0n) is 10.5. The molecule has 0 amide bonds. The molecule has 0 fully saturated rings. The zero-order chi connectivity index (χ0) is 13.1. The van der Waals surface area contributed by atoms with Gasteiger partial charge in [0.2, 0.25) is 0 Å². The summed E-state index contributed by atoms with van der Waals surface area (Å²) in [5.41, 5.74) is 5.84. The minimum absolute atomic E-state index is 0.0276. The van der Waals surface area contributed by atoms with Crippen molar-refractivity contribution >= 4 is 15.9 Å². The summed E-state index contributed by atoms with van der Waals surface area (Å²) in [6, 6.07) is 5.85. The molecule has 0 spiro atoms. The molecule has 0 saturated carbocycles. The molecule has 4 nitrogen and oxygen atoms in total. The maximum Gasteiger partial charge on any atom is 0.136 e. The van der Waals surface area contributed by atoms with E-state index in [1.54, 1.807) is 6.26 Å². The third-order valence-corrected chi connectivity index (χ3v) is 3.56. The summed E-state index contributed by atoms with van der Waals surface area (Å²) in [5.74, 6) is 2.70. The van der Waals surface area contributed by atoms with E-state index in [0.717, 1.165) is 21.8 Å². The van der Waals surface area contributed by atoms with Crippen LogP contribution in [0.2, 0.25) is 0 Å². The van der Waals surface area contributed by atoms with E-state index in [4.69, 9.17) is 14.6 Å². The largest absolute Gasteiger partial charge is 0.466 e. The molecule has 0 aliphatic rings. The van der Waals surface area contributed by atoms with Gasteiger partial charge in [0.15, 0.2) is 0 Å². The lowest BCUT2D eigenvalue weighted by molar-refractivity contribution is 0.196. The fourth-order valence-corrected chi connectivity index (χ4v) is 2.42. The van der Waals surface area contributed by atoms with Crippen molar-refractivity contribution in [1.29, 1.82) is 0 Å². The first-order chi connectivity index (χ1) is 8.61. The Bertz CT molecular complexity index is 507. The summed E-state index contributed by atoms with van der Waals surface area (Å²) in [4.78, 5) is 2.11. The molecule has 98 valence electrons. The molecule has 0 saturated heterocycles. The summed E-state index contributed by atoms with van der Waals surface area (Å²) >= 11 is 3.47. The molecule has 2 N–H and O–H groups in total. The van der Waals surface area contributed by atoms with Gasteiger partial charge in [-0.15, -0.1) is 0 Å². The van der Waals surface area contributed by atoms with Crippen molar-refractivity contribution in [2.45, 2.75) is 19.5 Å². The topological polar surface area (TPSA) is 55.5 Å². The first-order valence-corrected chi connectivity index (χ1v) is 6.59. The summed E-state index contributed by atoms with van der Waals surface area (Å²) in [5, 5.41) is 0. The van der Waals surface area contributed by atoms with Crippen LogP contribution in [0.4, 0.5) is 0 Å². The predicted octanol–water partition coefficient (Wildman–Crippen LogP) is 3.08. The molecule has 1 unspecified atom stereocenters. The Kier molecular flexibility index (Phi) is 4.27. The second-order valence-corrected chi connectivity index (χ2v) is 5.17. The van der Waals surface area contributed by atoms with Crippen LogP contribution >= 0.6 is 15.9 Å². The van der Waals surface area contributed by atoms with Crippen LogP contribution in [-0.2, 0) is 6.54 Å². The quantitative estimate of drug-likeness (QED) is 0.921. The van der Waals surface area contributed by atoms with Crippen molar-refractivity contribution in [3.05, 3.63) is 46.2 Å². The van der Waals surface area contributed by atoms with Gasteiger partial charge in [-0.1, -0.05) is 0 Å². The molecular formula is C13H17BrN2O2. The van der Waals surface area contributed by atoms with Gasteiger partial charge in [0.05, 0.1) is 23.3 Å². The lowest BCUT2D eigenvalue weighted by Crippen LogP contribution is -2.30. The SMILES string of the molecule is Cc1ccc(CN(C)C(CN)c2occc2Br)o1. The number of hydrogen-bond donors (Lipinski definition) is 1. The van der Waals surface area contributed by atoms with Crippen LogP contribution in [0.1, 0.15) is 23.3 Å². The number of aryl methyl sites for hydroxylation is 1.